The number of thiocarbonyl (C=S) groups is 1. The Balaban J connectivity index is 1.93. The maximum atomic E-state index is 5.59. The zero-order valence-corrected chi connectivity index (χ0v) is 9.82. The van der Waals surface area contributed by atoms with Gasteiger partial charge in [-0.05, 0) is 12.1 Å². The van der Waals surface area contributed by atoms with Crippen molar-refractivity contribution in [3.8, 4) is 0 Å². The molecule has 0 aliphatic carbocycles. The Kier molecular flexibility index (Phi) is 3.82. The van der Waals surface area contributed by atoms with E-state index in [0.717, 1.165) is 25.3 Å². The van der Waals surface area contributed by atoms with Crippen LogP contribution in [0.5, 0.6) is 0 Å². The Hall–Kier alpha value is -1.04. The molecule has 1 unspecified atom stereocenters. The van der Waals surface area contributed by atoms with Gasteiger partial charge in [0.2, 0.25) is 0 Å². The highest BCUT2D eigenvalue weighted by molar-refractivity contribution is 7.80. The van der Waals surface area contributed by atoms with E-state index < -0.39 is 0 Å². The molecule has 1 fully saturated rings. The number of hydrogen-bond acceptors (Lipinski definition) is 4. The van der Waals surface area contributed by atoms with Gasteiger partial charge in [0.25, 0.3) is 0 Å². The second kappa shape index (κ2) is 5.34. The van der Waals surface area contributed by atoms with Gasteiger partial charge in [0, 0.05) is 25.8 Å². The van der Waals surface area contributed by atoms with Crippen molar-refractivity contribution in [2.75, 3.05) is 19.7 Å². The first-order chi connectivity index (χ1) is 7.75. The van der Waals surface area contributed by atoms with Crippen LogP contribution in [0.25, 0.3) is 0 Å². The van der Waals surface area contributed by atoms with Gasteiger partial charge >= 0.3 is 0 Å². The average molecular weight is 237 g/mol. The summed E-state index contributed by atoms with van der Waals surface area (Å²) in [5.41, 5.74) is 6.65. The van der Waals surface area contributed by atoms with Gasteiger partial charge in [-0.1, -0.05) is 18.3 Å². The summed E-state index contributed by atoms with van der Waals surface area (Å²) in [5, 5.41) is 0. The van der Waals surface area contributed by atoms with Crippen LogP contribution < -0.4 is 5.73 Å². The quantitative estimate of drug-likeness (QED) is 0.779. The number of nitrogens with two attached hydrogens (primary N) is 1. The SMILES string of the molecule is NC(=S)C1CN(Cc2ccccn2)CCO1. The Bertz CT molecular complexity index is 358. The van der Waals surface area contributed by atoms with E-state index in [1.807, 2.05) is 18.2 Å². The summed E-state index contributed by atoms with van der Waals surface area (Å²) in [6, 6.07) is 5.93. The van der Waals surface area contributed by atoms with Crippen LogP contribution in [0, 0.1) is 0 Å². The van der Waals surface area contributed by atoms with Crippen molar-refractivity contribution in [2.24, 2.45) is 5.73 Å². The molecule has 0 saturated carbocycles. The molecule has 16 heavy (non-hydrogen) atoms. The minimum absolute atomic E-state index is 0.118. The molecule has 1 atom stereocenters. The predicted molar refractivity (Wildman–Crippen MR) is 66.0 cm³/mol. The number of hydrogen-bond donors (Lipinski definition) is 1. The van der Waals surface area contributed by atoms with Crippen LogP contribution in [-0.2, 0) is 11.3 Å². The molecule has 0 aromatic carbocycles. The lowest BCUT2D eigenvalue weighted by atomic mass is 10.2. The molecule has 2 N–H and O–H groups in total. The number of ether oxygens (including phenoxy) is 1. The number of pyridine rings is 1. The van der Waals surface area contributed by atoms with E-state index >= 15 is 0 Å². The molecule has 5 heteroatoms. The normalized spacial score (nSPS) is 21.9. The second-order valence-corrected chi connectivity index (χ2v) is 4.29. The highest BCUT2D eigenvalue weighted by atomic mass is 32.1. The van der Waals surface area contributed by atoms with Gasteiger partial charge in [-0.3, -0.25) is 9.88 Å². The second-order valence-electron chi connectivity index (χ2n) is 3.82. The van der Waals surface area contributed by atoms with Crippen LogP contribution in [0.3, 0.4) is 0 Å². The van der Waals surface area contributed by atoms with Crippen molar-refractivity contribution in [3.63, 3.8) is 0 Å². The molecule has 86 valence electrons. The van der Waals surface area contributed by atoms with E-state index in [1.165, 1.54) is 0 Å². The zero-order chi connectivity index (χ0) is 11.4. The van der Waals surface area contributed by atoms with E-state index in [-0.39, 0.29) is 6.10 Å². The first-order valence-electron chi connectivity index (χ1n) is 5.29. The van der Waals surface area contributed by atoms with E-state index in [9.17, 15) is 0 Å². The molecule has 1 aromatic heterocycles. The number of nitrogens with zero attached hydrogens (tertiary/aromatic N) is 2. The molecule has 2 rings (SSSR count). The third kappa shape index (κ3) is 2.98. The monoisotopic (exact) mass is 237 g/mol. The fourth-order valence-corrected chi connectivity index (χ4v) is 1.88. The highest BCUT2D eigenvalue weighted by Crippen LogP contribution is 2.09. The van der Waals surface area contributed by atoms with Crippen LogP contribution in [0.2, 0.25) is 0 Å². The van der Waals surface area contributed by atoms with Crippen molar-refractivity contribution < 1.29 is 4.74 Å². The van der Waals surface area contributed by atoms with Crippen molar-refractivity contribution in [1.29, 1.82) is 0 Å². The maximum absolute atomic E-state index is 5.59. The fraction of sp³-hybridized carbons (Fsp3) is 0.455. The summed E-state index contributed by atoms with van der Waals surface area (Å²) in [6.07, 6.45) is 1.69. The van der Waals surface area contributed by atoms with Crippen molar-refractivity contribution in [2.45, 2.75) is 12.6 Å². The van der Waals surface area contributed by atoms with Gasteiger partial charge in [0.1, 0.15) is 11.1 Å². The van der Waals surface area contributed by atoms with Crippen molar-refractivity contribution >= 4 is 17.2 Å². The van der Waals surface area contributed by atoms with Crippen molar-refractivity contribution in [3.05, 3.63) is 30.1 Å². The van der Waals surface area contributed by atoms with Gasteiger partial charge in [0.05, 0.1) is 12.3 Å². The van der Waals surface area contributed by atoms with E-state index in [0.29, 0.717) is 11.6 Å². The first kappa shape index (κ1) is 11.4. The maximum Gasteiger partial charge on any atom is 0.120 e. The summed E-state index contributed by atoms with van der Waals surface area (Å²) >= 11 is 4.94. The lowest BCUT2D eigenvalue weighted by molar-refractivity contribution is 0.00346. The van der Waals surface area contributed by atoms with Crippen LogP contribution >= 0.6 is 12.2 Å². The molecule has 1 aromatic rings. The van der Waals surface area contributed by atoms with Gasteiger partial charge in [-0.2, -0.15) is 0 Å². The summed E-state index contributed by atoms with van der Waals surface area (Å²) in [6.45, 7) is 3.15. The lowest BCUT2D eigenvalue weighted by Gasteiger charge is -2.31. The smallest absolute Gasteiger partial charge is 0.120 e. The molecular weight excluding hydrogens is 222 g/mol. The van der Waals surface area contributed by atoms with Gasteiger partial charge in [-0.25, -0.2) is 0 Å². The Labute approximate surface area is 100 Å². The molecular formula is C11H15N3OS. The van der Waals surface area contributed by atoms with E-state index in [1.54, 1.807) is 6.20 Å². The van der Waals surface area contributed by atoms with E-state index in [2.05, 4.69) is 9.88 Å². The van der Waals surface area contributed by atoms with Gasteiger partial charge in [0.15, 0.2) is 0 Å². The minimum atomic E-state index is -0.118. The van der Waals surface area contributed by atoms with Crippen molar-refractivity contribution in [1.82, 2.24) is 9.88 Å². The van der Waals surface area contributed by atoms with Crippen LogP contribution in [0.4, 0.5) is 0 Å². The Morgan fingerprint density at radius 2 is 2.50 bits per heavy atom. The molecule has 0 spiro atoms. The summed E-state index contributed by atoms with van der Waals surface area (Å²) < 4.78 is 5.48. The Morgan fingerprint density at radius 3 is 3.19 bits per heavy atom. The van der Waals surface area contributed by atoms with E-state index in [4.69, 9.17) is 22.7 Å². The summed E-state index contributed by atoms with van der Waals surface area (Å²) in [4.78, 5) is 6.99. The fourth-order valence-electron chi connectivity index (χ4n) is 1.74. The molecule has 1 aliphatic heterocycles. The zero-order valence-electron chi connectivity index (χ0n) is 9.00. The van der Waals surface area contributed by atoms with Gasteiger partial charge < -0.3 is 10.5 Å². The minimum Gasteiger partial charge on any atom is -0.391 e. The standard InChI is InChI=1S/C11H15N3OS/c12-11(16)10-8-14(5-6-15-10)7-9-3-1-2-4-13-9/h1-4,10H,5-8H2,(H2,12,16). The third-order valence-corrected chi connectivity index (χ3v) is 2.84. The molecule has 0 radical (unpaired) electrons. The highest BCUT2D eigenvalue weighted by Gasteiger charge is 2.22. The molecule has 0 amide bonds. The topological polar surface area (TPSA) is 51.4 Å². The molecule has 4 nitrogen and oxygen atoms in total. The van der Waals surface area contributed by atoms with Crippen LogP contribution in [0.1, 0.15) is 5.69 Å². The molecule has 1 saturated heterocycles. The molecule has 0 bridgehead atoms. The third-order valence-electron chi connectivity index (χ3n) is 2.58. The summed E-state index contributed by atoms with van der Waals surface area (Å²) in [7, 11) is 0. The van der Waals surface area contributed by atoms with Crippen LogP contribution in [0.15, 0.2) is 24.4 Å². The molecule has 2 heterocycles. The number of rotatable bonds is 3. The molecule has 1 aliphatic rings. The number of morpholine rings is 1. The summed E-state index contributed by atoms with van der Waals surface area (Å²) in [5.74, 6) is 0. The largest absolute Gasteiger partial charge is 0.391 e. The first-order valence-corrected chi connectivity index (χ1v) is 5.70. The lowest BCUT2D eigenvalue weighted by Crippen LogP contribution is -2.47. The number of aromatic nitrogens is 1. The Morgan fingerprint density at radius 1 is 1.62 bits per heavy atom. The van der Waals surface area contributed by atoms with Gasteiger partial charge in [-0.15, -0.1) is 0 Å². The van der Waals surface area contributed by atoms with Crippen LogP contribution in [-0.4, -0.2) is 40.7 Å². The average Bonchev–Trinajstić information content (AvgIpc) is 2.30. The predicted octanol–water partition coefficient (Wildman–Crippen LogP) is 0.569.